The Bertz CT molecular complexity index is 342. The summed E-state index contributed by atoms with van der Waals surface area (Å²) in [7, 11) is 0. The number of esters is 1. The Hall–Kier alpha value is -0.940. The van der Waals surface area contributed by atoms with E-state index in [0.717, 1.165) is 4.47 Å². The molecule has 1 aromatic rings. The molecule has 0 amide bonds. The number of aromatic nitrogens is 1. The fourth-order valence-electron chi connectivity index (χ4n) is 1.02. The minimum atomic E-state index is -0.387. The summed E-state index contributed by atoms with van der Waals surface area (Å²) in [6.07, 6.45) is 1.60. The first-order valence-corrected chi connectivity index (χ1v) is 5.00. The number of carbonyl (C=O) groups is 1. The van der Waals surface area contributed by atoms with E-state index in [1.807, 2.05) is 0 Å². The molecule has 1 aromatic heterocycles. The third kappa shape index (κ3) is 2.52. The molecule has 14 heavy (non-hydrogen) atoms. The van der Waals surface area contributed by atoms with Crippen molar-refractivity contribution in [3.63, 3.8) is 0 Å². The molecule has 0 bridgehead atoms. The summed E-state index contributed by atoms with van der Waals surface area (Å²) in [5, 5.41) is 0. The smallest absolute Gasteiger partial charge is 0.340 e. The number of hydrogen-bond acceptors (Lipinski definition) is 4. The quantitative estimate of drug-likeness (QED) is 0.835. The lowest BCUT2D eigenvalue weighted by atomic mass is 10.2. The summed E-state index contributed by atoms with van der Waals surface area (Å²) >= 11 is 3.23. The van der Waals surface area contributed by atoms with Crippen LogP contribution in [0.3, 0.4) is 0 Å². The van der Waals surface area contributed by atoms with Crippen molar-refractivity contribution in [2.75, 3.05) is 6.61 Å². The molecule has 0 radical (unpaired) electrons. The van der Waals surface area contributed by atoms with Crippen LogP contribution in [0.15, 0.2) is 16.7 Å². The third-order valence-corrected chi connectivity index (χ3v) is 2.06. The van der Waals surface area contributed by atoms with Crippen LogP contribution >= 0.6 is 15.9 Å². The summed E-state index contributed by atoms with van der Waals surface area (Å²) < 4.78 is 5.60. The lowest BCUT2D eigenvalue weighted by Crippen LogP contribution is -2.12. The van der Waals surface area contributed by atoms with Gasteiger partial charge >= 0.3 is 5.97 Å². The van der Waals surface area contributed by atoms with E-state index in [-0.39, 0.29) is 12.5 Å². The summed E-state index contributed by atoms with van der Waals surface area (Å²) in [6, 6.07) is 1.66. The monoisotopic (exact) mass is 258 g/mol. The topological polar surface area (TPSA) is 65.2 Å². The zero-order valence-electron chi connectivity index (χ0n) is 7.79. The number of nitrogens with two attached hydrogens (primary N) is 1. The fourth-order valence-corrected chi connectivity index (χ4v) is 1.35. The number of pyridine rings is 1. The highest BCUT2D eigenvalue weighted by Crippen LogP contribution is 2.14. The van der Waals surface area contributed by atoms with Crippen LogP contribution in [0, 0.1) is 0 Å². The Morgan fingerprint density at radius 1 is 1.71 bits per heavy atom. The summed E-state index contributed by atoms with van der Waals surface area (Å²) in [5.41, 5.74) is 6.42. The van der Waals surface area contributed by atoms with Crippen molar-refractivity contribution < 1.29 is 9.53 Å². The van der Waals surface area contributed by atoms with E-state index < -0.39 is 0 Å². The number of rotatable bonds is 3. The van der Waals surface area contributed by atoms with Gasteiger partial charge < -0.3 is 10.5 Å². The first-order chi connectivity index (χ1) is 6.69. The molecule has 0 spiro atoms. The predicted molar refractivity (Wildman–Crippen MR) is 55.8 cm³/mol. The Labute approximate surface area is 90.6 Å². The number of hydrogen-bond donors (Lipinski definition) is 1. The Balaban J connectivity index is 3.03. The van der Waals surface area contributed by atoms with Gasteiger partial charge in [0, 0.05) is 17.2 Å². The van der Waals surface area contributed by atoms with Gasteiger partial charge in [-0.05, 0) is 28.9 Å². The summed E-state index contributed by atoms with van der Waals surface area (Å²) in [5.74, 6) is -0.387. The molecule has 0 fully saturated rings. The van der Waals surface area contributed by atoms with Gasteiger partial charge in [0.2, 0.25) is 0 Å². The summed E-state index contributed by atoms with van der Waals surface area (Å²) in [4.78, 5) is 15.5. The van der Waals surface area contributed by atoms with Gasteiger partial charge in [0.05, 0.1) is 17.9 Å². The molecule has 2 N–H and O–H groups in total. The lowest BCUT2D eigenvalue weighted by Gasteiger charge is -2.06. The molecule has 0 unspecified atom stereocenters. The first kappa shape index (κ1) is 11.1. The minimum absolute atomic E-state index is 0.224. The molecule has 0 saturated carbocycles. The van der Waals surface area contributed by atoms with E-state index in [2.05, 4.69) is 20.9 Å². The minimum Gasteiger partial charge on any atom is -0.462 e. The standard InChI is InChI=1S/C9H11BrN2O2/c1-2-14-9(13)7-3-6(10)5-12-8(7)4-11/h3,5H,2,4,11H2,1H3. The maximum atomic E-state index is 11.4. The zero-order valence-corrected chi connectivity index (χ0v) is 9.37. The molecular weight excluding hydrogens is 248 g/mol. The van der Waals surface area contributed by atoms with Gasteiger partial charge in [-0.1, -0.05) is 0 Å². The van der Waals surface area contributed by atoms with E-state index >= 15 is 0 Å². The van der Waals surface area contributed by atoms with Crippen LogP contribution in [0.5, 0.6) is 0 Å². The molecule has 76 valence electrons. The molecule has 0 aliphatic carbocycles. The normalized spacial score (nSPS) is 9.93. The largest absolute Gasteiger partial charge is 0.462 e. The van der Waals surface area contributed by atoms with Gasteiger partial charge in [-0.15, -0.1) is 0 Å². The lowest BCUT2D eigenvalue weighted by molar-refractivity contribution is 0.0524. The molecule has 1 heterocycles. The second-order valence-electron chi connectivity index (χ2n) is 2.57. The van der Waals surface area contributed by atoms with E-state index in [4.69, 9.17) is 10.5 Å². The van der Waals surface area contributed by atoms with Crippen molar-refractivity contribution in [1.82, 2.24) is 4.98 Å². The van der Waals surface area contributed by atoms with E-state index in [9.17, 15) is 4.79 Å². The average Bonchev–Trinajstić information content (AvgIpc) is 2.18. The van der Waals surface area contributed by atoms with Crippen LogP contribution in [-0.2, 0) is 11.3 Å². The molecule has 0 aliphatic heterocycles. The molecule has 5 heteroatoms. The molecule has 0 atom stereocenters. The number of ether oxygens (including phenoxy) is 1. The van der Waals surface area contributed by atoms with Gasteiger partial charge in [0.1, 0.15) is 0 Å². The van der Waals surface area contributed by atoms with Crippen LogP contribution in [0.2, 0.25) is 0 Å². The van der Waals surface area contributed by atoms with Crippen LogP contribution in [0.25, 0.3) is 0 Å². The van der Waals surface area contributed by atoms with E-state index in [1.54, 1.807) is 19.2 Å². The average molecular weight is 259 g/mol. The molecule has 1 rings (SSSR count). The number of nitrogens with zero attached hydrogens (tertiary/aromatic N) is 1. The fraction of sp³-hybridized carbons (Fsp3) is 0.333. The third-order valence-electron chi connectivity index (χ3n) is 1.63. The van der Waals surface area contributed by atoms with Gasteiger partial charge in [-0.25, -0.2) is 4.79 Å². The second kappa shape index (κ2) is 5.07. The van der Waals surface area contributed by atoms with Crippen LogP contribution in [0.1, 0.15) is 23.0 Å². The highest BCUT2D eigenvalue weighted by molar-refractivity contribution is 9.10. The Morgan fingerprint density at radius 2 is 2.43 bits per heavy atom. The van der Waals surface area contributed by atoms with Crippen molar-refractivity contribution in [2.45, 2.75) is 13.5 Å². The first-order valence-electron chi connectivity index (χ1n) is 4.20. The van der Waals surface area contributed by atoms with Gasteiger partial charge in [0.15, 0.2) is 0 Å². The zero-order chi connectivity index (χ0) is 10.6. The van der Waals surface area contributed by atoms with Crippen LogP contribution in [-0.4, -0.2) is 17.6 Å². The van der Waals surface area contributed by atoms with E-state index in [1.165, 1.54) is 0 Å². The molecule has 0 saturated heterocycles. The van der Waals surface area contributed by atoms with Gasteiger partial charge in [0.25, 0.3) is 0 Å². The van der Waals surface area contributed by atoms with Crippen molar-refractivity contribution in [3.05, 3.63) is 28.0 Å². The maximum Gasteiger partial charge on any atom is 0.340 e. The number of halogens is 1. The predicted octanol–water partition coefficient (Wildman–Crippen LogP) is 1.48. The van der Waals surface area contributed by atoms with Crippen molar-refractivity contribution >= 4 is 21.9 Å². The maximum absolute atomic E-state index is 11.4. The van der Waals surface area contributed by atoms with Crippen molar-refractivity contribution in [3.8, 4) is 0 Å². The summed E-state index contributed by atoms with van der Waals surface area (Å²) in [6.45, 7) is 2.32. The van der Waals surface area contributed by atoms with Crippen LogP contribution < -0.4 is 5.73 Å². The molecule has 0 aromatic carbocycles. The molecule has 4 nitrogen and oxygen atoms in total. The van der Waals surface area contributed by atoms with Crippen LogP contribution in [0.4, 0.5) is 0 Å². The van der Waals surface area contributed by atoms with E-state index in [0.29, 0.717) is 17.9 Å². The van der Waals surface area contributed by atoms with Gasteiger partial charge in [-0.3, -0.25) is 4.98 Å². The number of carbonyl (C=O) groups excluding carboxylic acids is 1. The van der Waals surface area contributed by atoms with Crippen molar-refractivity contribution in [1.29, 1.82) is 0 Å². The second-order valence-corrected chi connectivity index (χ2v) is 3.49. The highest BCUT2D eigenvalue weighted by atomic mass is 79.9. The molecule has 0 aliphatic rings. The van der Waals surface area contributed by atoms with Gasteiger partial charge in [-0.2, -0.15) is 0 Å². The van der Waals surface area contributed by atoms with Crippen molar-refractivity contribution in [2.24, 2.45) is 5.73 Å². The SMILES string of the molecule is CCOC(=O)c1cc(Br)cnc1CN. The highest BCUT2D eigenvalue weighted by Gasteiger charge is 2.12. The Kier molecular flexibility index (Phi) is 4.03. The molecular formula is C9H11BrN2O2. The Morgan fingerprint density at radius 3 is 3.00 bits per heavy atom.